The molecule has 1 saturated heterocycles. The Kier molecular flexibility index (Phi) is 4.96. The van der Waals surface area contributed by atoms with Crippen molar-refractivity contribution in [3.63, 3.8) is 0 Å². The van der Waals surface area contributed by atoms with Gasteiger partial charge in [0, 0.05) is 43.3 Å². The van der Waals surface area contributed by atoms with Gasteiger partial charge in [-0.1, -0.05) is 18.2 Å². The lowest BCUT2D eigenvalue weighted by Gasteiger charge is -2.37. The lowest BCUT2D eigenvalue weighted by Crippen LogP contribution is -2.49. The molecule has 128 valence electrons. The Labute approximate surface area is 145 Å². The van der Waals surface area contributed by atoms with E-state index in [0.29, 0.717) is 19.0 Å². The largest absolute Gasteiger partial charge is 0.364 e. The number of piperidine rings is 1. The van der Waals surface area contributed by atoms with Crippen LogP contribution in [0.3, 0.4) is 0 Å². The Bertz CT molecular complexity index is 699. The molecule has 2 aromatic rings. The molecule has 6 heteroatoms. The van der Waals surface area contributed by atoms with Crippen LogP contribution < -0.4 is 0 Å². The van der Waals surface area contributed by atoms with Crippen molar-refractivity contribution < 1.29 is 13.9 Å². The molecular weight excluding hydrogens is 327 g/mol. The van der Waals surface area contributed by atoms with E-state index < -0.39 is 11.4 Å². The third kappa shape index (κ3) is 3.08. The Balaban J connectivity index is 1.75. The normalized spacial score (nSPS) is 18.4. The van der Waals surface area contributed by atoms with Gasteiger partial charge < -0.3 is 9.64 Å². The number of carbonyl (C=O) groups excluding carboxylic acids is 1. The third-order valence-corrected chi connectivity index (χ3v) is 5.73. The predicted octanol–water partition coefficient (Wildman–Crippen LogP) is 3.55. The molecule has 1 aromatic carbocycles. The molecule has 1 aliphatic rings. The molecular formula is C18H21FN2O2S. The summed E-state index contributed by atoms with van der Waals surface area (Å²) in [5, 5.41) is 3.11. The Morgan fingerprint density at radius 3 is 2.67 bits per heavy atom. The van der Waals surface area contributed by atoms with Crippen LogP contribution in [0.5, 0.6) is 0 Å². The van der Waals surface area contributed by atoms with Gasteiger partial charge >= 0.3 is 0 Å². The van der Waals surface area contributed by atoms with E-state index in [4.69, 9.17) is 4.74 Å². The van der Waals surface area contributed by atoms with Crippen molar-refractivity contribution in [2.24, 2.45) is 0 Å². The maximum atomic E-state index is 14.2. The minimum absolute atomic E-state index is 0.187. The highest BCUT2D eigenvalue weighted by atomic mass is 32.1. The van der Waals surface area contributed by atoms with E-state index in [1.807, 2.05) is 11.6 Å². The van der Waals surface area contributed by atoms with Gasteiger partial charge in [0.1, 0.15) is 5.82 Å². The first-order valence-electron chi connectivity index (χ1n) is 8.05. The van der Waals surface area contributed by atoms with Crippen molar-refractivity contribution in [3.05, 3.63) is 52.2 Å². The van der Waals surface area contributed by atoms with Crippen LogP contribution in [0, 0.1) is 5.82 Å². The summed E-state index contributed by atoms with van der Waals surface area (Å²) >= 11 is 1.66. The second kappa shape index (κ2) is 6.99. The zero-order valence-electron chi connectivity index (χ0n) is 13.9. The van der Waals surface area contributed by atoms with Crippen LogP contribution in [0.25, 0.3) is 0 Å². The fraction of sp³-hybridized carbons (Fsp3) is 0.444. The number of aromatic nitrogens is 1. The van der Waals surface area contributed by atoms with E-state index in [-0.39, 0.29) is 11.5 Å². The first kappa shape index (κ1) is 17.0. The average molecular weight is 348 g/mol. The molecule has 1 aromatic heterocycles. The van der Waals surface area contributed by atoms with E-state index in [0.717, 1.165) is 17.8 Å². The van der Waals surface area contributed by atoms with Crippen molar-refractivity contribution in [2.75, 3.05) is 20.2 Å². The average Bonchev–Trinajstić information content (AvgIpc) is 3.15. The van der Waals surface area contributed by atoms with Gasteiger partial charge in [-0.2, -0.15) is 0 Å². The number of methoxy groups -OCH3 is 1. The zero-order chi connectivity index (χ0) is 17.2. The van der Waals surface area contributed by atoms with Crippen molar-refractivity contribution in [1.82, 2.24) is 9.88 Å². The number of carbonyl (C=O) groups is 1. The number of ether oxygens (including phenoxy) is 1. The maximum Gasteiger partial charge on any atom is 0.259 e. The number of rotatable bonds is 4. The summed E-state index contributed by atoms with van der Waals surface area (Å²) in [7, 11) is 1.45. The highest BCUT2D eigenvalue weighted by Crippen LogP contribution is 2.34. The molecule has 0 bridgehead atoms. The van der Waals surface area contributed by atoms with E-state index in [1.54, 1.807) is 41.4 Å². The number of halogens is 1. The molecule has 0 N–H and O–H groups in total. The standard InChI is InChI=1S/C18H21FN2O2S/c1-18(23-2,14-5-3-4-6-15(14)19)17(22)21-10-7-13(8-11-21)16-20-9-12-24-16/h3-6,9,12-13H,7-8,10-11H2,1-2H3. The van der Waals surface area contributed by atoms with E-state index in [2.05, 4.69) is 4.98 Å². The van der Waals surface area contributed by atoms with Crippen molar-refractivity contribution in [1.29, 1.82) is 0 Å². The van der Waals surface area contributed by atoms with Gasteiger partial charge in [0.2, 0.25) is 0 Å². The van der Waals surface area contributed by atoms with Crippen molar-refractivity contribution >= 4 is 17.2 Å². The quantitative estimate of drug-likeness (QED) is 0.849. The van der Waals surface area contributed by atoms with Gasteiger partial charge in [0.05, 0.1) is 5.01 Å². The van der Waals surface area contributed by atoms with E-state index in [9.17, 15) is 9.18 Å². The van der Waals surface area contributed by atoms with Gasteiger partial charge in [-0.05, 0) is 25.8 Å². The van der Waals surface area contributed by atoms with Crippen LogP contribution in [-0.2, 0) is 15.1 Å². The SMILES string of the molecule is COC(C)(C(=O)N1CCC(c2nccs2)CC1)c1ccccc1F. The second-order valence-corrected chi connectivity index (χ2v) is 7.08. The fourth-order valence-corrected chi connectivity index (χ4v) is 4.04. The summed E-state index contributed by atoms with van der Waals surface area (Å²) < 4.78 is 19.7. The Hall–Kier alpha value is -1.79. The number of hydrogen-bond donors (Lipinski definition) is 0. The molecule has 24 heavy (non-hydrogen) atoms. The van der Waals surface area contributed by atoms with Crippen molar-refractivity contribution in [2.45, 2.75) is 31.3 Å². The minimum atomic E-state index is -1.31. The number of benzene rings is 1. The van der Waals surface area contributed by atoms with E-state index >= 15 is 0 Å². The summed E-state index contributed by atoms with van der Waals surface area (Å²) in [6.45, 7) is 2.91. The molecule has 1 atom stereocenters. The lowest BCUT2D eigenvalue weighted by atomic mass is 9.91. The van der Waals surface area contributed by atoms with E-state index in [1.165, 1.54) is 13.2 Å². The summed E-state index contributed by atoms with van der Waals surface area (Å²) in [4.78, 5) is 19.2. The molecule has 0 saturated carbocycles. The Morgan fingerprint density at radius 1 is 1.38 bits per heavy atom. The van der Waals surface area contributed by atoms with Crippen LogP contribution in [0.1, 0.15) is 36.3 Å². The predicted molar refractivity (Wildman–Crippen MR) is 91.4 cm³/mol. The number of thiazole rings is 1. The number of likely N-dealkylation sites (tertiary alicyclic amines) is 1. The minimum Gasteiger partial charge on any atom is -0.364 e. The maximum absolute atomic E-state index is 14.2. The molecule has 0 radical (unpaired) electrons. The number of hydrogen-bond acceptors (Lipinski definition) is 4. The fourth-order valence-electron chi connectivity index (χ4n) is 3.23. The molecule has 2 heterocycles. The molecule has 4 nitrogen and oxygen atoms in total. The summed E-state index contributed by atoms with van der Waals surface area (Å²) in [6, 6.07) is 6.30. The lowest BCUT2D eigenvalue weighted by molar-refractivity contribution is -0.155. The van der Waals surface area contributed by atoms with Crippen LogP contribution in [0.15, 0.2) is 35.8 Å². The van der Waals surface area contributed by atoms with Crippen molar-refractivity contribution in [3.8, 4) is 0 Å². The first-order valence-corrected chi connectivity index (χ1v) is 8.93. The van der Waals surface area contributed by atoms with Crippen LogP contribution in [0.4, 0.5) is 4.39 Å². The van der Waals surface area contributed by atoms with Gasteiger partial charge in [0.15, 0.2) is 5.60 Å². The third-order valence-electron chi connectivity index (χ3n) is 4.79. The molecule has 0 spiro atoms. The molecule has 1 aliphatic heterocycles. The highest BCUT2D eigenvalue weighted by molar-refractivity contribution is 7.09. The van der Waals surface area contributed by atoms with Crippen LogP contribution in [0.2, 0.25) is 0 Å². The Morgan fingerprint density at radius 2 is 2.08 bits per heavy atom. The van der Waals surface area contributed by atoms with Gasteiger partial charge in [-0.15, -0.1) is 11.3 Å². The number of nitrogens with zero attached hydrogens (tertiary/aromatic N) is 2. The topological polar surface area (TPSA) is 42.4 Å². The van der Waals surface area contributed by atoms with Gasteiger partial charge in [-0.3, -0.25) is 4.79 Å². The number of amides is 1. The zero-order valence-corrected chi connectivity index (χ0v) is 14.7. The van der Waals surface area contributed by atoms with Crippen LogP contribution in [-0.4, -0.2) is 36.0 Å². The molecule has 1 unspecified atom stereocenters. The monoisotopic (exact) mass is 348 g/mol. The molecule has 3 rings (SSSR count). The van der Waals surface area contributed by atoms with Crippen LogP contribution >= 0.6 is 11.3 Å². The highest BCUT2D eigenvalue weighted by Gasteiger charge is 2.41. The van der Waals surface area contributed by atoms with Gasteiger partial charge in [0.25, 0.3) is 5.91 Å². The summed E-state index contributed by atoms with van der Waals surface area (Å²) in [5.74, 6) is -0.211. The molecule has 0 aliphatic carbocycles. The first-order chi connectivity index (χ1) is 11.6. The summed E-state index contributed by atoms with van der Waals surface area (Å²) in [5.41, 5.74) is -1.03. The van der Waals surface area contributed by atoms with Gasteiger partial charge in [-0.25, -0.2) is 9.37 Å². The molecule has 1 amide bonds. The smallest absolute Gasteiger partial charge is 0.259 e. The summed E-state index contributed by atoms with van der Waals surface area (Å²) in [6.07, 6.45) is 3.56. The molecule has 1 fully saturated rings. The second-order valence-electron chi connectivity index (χ2n) is 6.15.